The maximum Gasteiger partial charge on any atom is 0.0599 e. The van der Waals surface area contributed by atoms with Crippen molar-refractivity contribution in [1.82, 2.24) is 14.7 Å². The Morgan fingerprint density at radius 2 is 1.67 bits per heavy atom. The van der Waals surface area contributed by atoms with Crippen LogP contribution >= 0.6 is 0 Å². The van der Waals surface area contributed by atoms with Crippen LogP contribution in [0.2, 0.25) is 0 Å². The Morgan fingerprint density at radius 3 is 2.37 bits per heavy atom. The van der Waals surface area contributed by atoms with Crippen LogP contribution in [0.5, 0.6) is 0 Å². The monoisotopic (exact) mass is 377 g/mol. The molecule has 4 rings (SSSR count). The van der Waals surface area contributed by atoms with Crippen molar-refractivity contribution in [1.29, 1.82) is 0 Å². The Bertz CT molecular complexity index is 518. The van der Waals surface area contributed by atoms with Crippen LogP contribution < -0.4 is 0 Å². The largest absolute Gasteiger partial charge is 0.378 e. The number of nitrogens with zero attached hydrogens (tertiary/aromatic N) is 3. The van der Waals surface area contributed by atoms with E-state index in [-0.39, 0.29) is 5.54 Å². The fourth-order valence-corrected chi connectivity index (χ4v) is 6.25. The Hall–Kier alpha value is -0.160. The lowest BCUT2D eigenvalue weighted by Gasteiger charge is -2.47. The Balaban J connectivity index is 1.30. The summed E-state index contributed by atoms with van der Waals surface area (Å²) in [7, 11) is 0. The predicted molar refractivity (Wildman–Crippen MR) is 112 cm³/mol. The molecule has 0 saturated carbocycles. The van der Waals surface area contributed by atoms with Gasteiger partial charge < -0.3 is 4.74 Å². The van der Waals surface area contributed by atoms with E-state index in [9.17, 15) is 0 Å². The highest BCUT2D eigenvalue weighted by Gasteiger charge is 2.46. The van der Waals surface area contributed by atoms with Gasteiger partial charge in [0.2, 0.25) is 0 Å². The maximum atomic E-state index is 6.42. The third-order valence-corrected chi connectivity index (χ3v) is 8.23. The number of piperidine rings is 1. The number of rotatable bonds is 3. The Morgan fingerprint density at radius 1 is 0.926 bits per heavy atom. The minimum absolute atomic E-state index is 0.261. The number of hydrogen-bond acceptors (Lipinski definition) is 4. The molecule has 4 heteroatoms. The summed E-state index contributed by atoms with van der Waals surface area (Å²) >= 11 is 0. The molecule has 4 heterocycles. The van der Waals surface area contributed by atoms with Gasteiger partial charge in [-0.3, -0.25) is 14.7 Å². The molecule has 2 unspecified atom stereocenters. The van der Waals surface area contributed by atoms with Gasteiger partial charge in [-0.2, -0.15) is 0 Å². The molecule has 4 aliphatic heterocycles. The molecule has 0 aliphatic carbocycles. The van der Waals surface area contributed by atoms with E-state index in [1.807, 2.05) is 0 Å². The van der Waals surface area contributed by atoms with Crippen LogP contribution in [0, 0.1) is 5.41 Å². The van der Waals surface area contributed by atoms with Crippen LogP contribution in [0.1, 0.15) is 73.1 Å². The maximum absolute atomic E-state index is 6.42. The van der Waals surface area contributed by atoms with Crippen molar-refractivity contribution < 1.29 is 4.74 Å². The van der Waals surface area contributed by atoms with Crippen molar-refractivity contribution in [2.75, 3.05) is 45.9 Å². The first-order valence-electron chi connectivity index (χ1n) is 11.5. The van der Waals surface area contributed by atoms with Crippen molar-refractivity contribution in [3.63, 3.8) is 0 Å². The van der Waals surface area contributed by atoms with Gasteiger partial charge in [0.05, 0.1) is 12.7 Å². The van der Waals surface area contributed by atoms with Gasteiger partial charge >= 0.3 is 0 Å². The highest BCUT2D eigenvalue weighted by Crippen LogP contribution is 2.45. The lowest BCUT2D eigenvalue weighted by atomic mass is 9.74. The molecule has 156 valence electrons. The highest BCUT2D eigenvalue weighted by atomic mass is 16.5. The fraction of sp³-hybridized carbons (Fsp3) is 1.00. The Kier molecular flexibility index (Phi) is 5.42. The molecule has 0 aromatic heterocycles. The molecule has 4 aliphatic rings. The van der Waals surface area contributed by atoms with Gasteiger partial charge in [-0.05, 0) is 98.2 Å². The number of ether oxygens (including phenoxy) is 1. The Labute approximate surface area is 167 Å². The van der Waals surface area contributed by atoms with Crippen LogP contribution in [0.4, 0.5) is 0 Å². The lowest BCUT2D eigenvalue weighted by molar-refractivity contribution is -0.00635. The van der Waals surface area contributed by atoms with Crippen molar-refractivity contribution >= 4 is 0 Å². The van der Waals surface area contributed by atoms with E-state index in [1.54, 1.807) is 0 Å². The lowest BCUT2D eigenvalue weighted by Crippen LogP contribution is -2.57. The molecular formula is C23H43N3O. The second-order valence-corrected chi connectivity index (χ2v) is 11.6. The minimum Gasteiger partial charge on any atom is -0.378 e. The number of hydrogen-bond donors (Lipinski definition) is 0. The number of fused-ring (bicyclic) bond motifs is 1. The molecule has 0 aromatic carbocycles. The summed E-state index contributed by atoms with van der Waals surface area (Å²) in [6.07, 6.45) is 8.40. The van der Waals surface area contributed by atoms with Gasteiger partial charge in [0, 0.05) is 36.8 Å². The molecule has 4 fully saturated rings. The van der Waals surface area contributed by atoms with Gasteiger partial charge in [0.25, 0.3) is 0 Å². The zero-order valence-electron chi connectivity index (χ0n) is 18.6. The summed E-state index contributed by atoms with van der Waals surface area (Å²) in [6, 6.07) is 0.815. The topological polar surface area (TPSA) is 19.0 Å². The van der Waals surface area contributed by atoms with Crippen molar-refractivity contribution in [3.05, 3.63) is 0 Å². The summed E-state index contributed by atoms with van der Waals surface area (Å²) in [4.78, 5) is 8.16. The summed E-state index contributed by atoms with van der Waals surface area (Å²) in [6.45, 7) is 20.6. The molecule has 0 radical (unpaired) electrons. The molecule has 1 spiro atoms. The average Bonchev–Trinajstić information content (AvgIpc) is 3.21. The quantitative estimate of drug-likeness (QED) is 0.748. The molecule has 4 nitrogen and oxygen atoms in total. The van der Waals surface area contributed by atoms with Gasteiger partial charge in [-0.1, -0.05) is 0 Å². The number of likely N-dealkylation sites (tertiary alicyclic amines) is 1. The first-order chi connectivity index (χ1) is 12.7. The normalized spacial score (nSPS) is 33.7. The van der Waals surface area contributed by atoms with Crippen LogP contribution in [0.25, 0.3) is 0 Å². The molecule has 4 saturated heterocycles. The number of piperazine rings is 1. The van der Waals surface area contributed by atoms with Crippen LogP contribution in [-0.4, -0.2) is 83.8 Å². The van der Waals surface area contributed by atoms with Crippen LogP contribution in [0.15, 0.2) is 0 Å². The van der Waals surface area contributed by atoms with Crippen molar-refractivity contribution in [2.24, 2.45) is 5.41 Å². The molecule has 0 aromatic rings. The van der Waals surface area contributed by atoms with E-state index >= 15 is 0 Å². The minimum atomic E-state index is 0.261. The first-order valence-corrected chi connectivity index (χ1v) is 11.5. The SMILES string of the molecule is CC(C)(C)N1CCC2(CC1)COC(CC(C)(C)N1CCN3CCCC3C1)C2. The van der Waals surface area contributed by atoms with Crippen molar-refractivity contribution in [3.8, 4) is 0 Å². The average molecular weight is 378 g/mol. The zero-order chi connectivity index (χ0) is 19.3. The van der Waals surface area contributed by atoms with E-state index in [0.29, 0.717) is 17.1 Å². The molecule has 0 N–H and O–H groups in total. The van der Waals surface area contributed by atoms with E-state index in [1.165, 1.54) is 77.8 Å². The van der Waals surface area contributed by atoms with E-state index in [4.69, 9.17) is 4.74 Å². The summed E-state index contributed by atoms with van der Waals surface area (Å²) in [5, 5.41) is 0. The predicted octanol–water partition coefficient (Wildman–Crippen LogP) is 3.60. The molecule has 2 atom stereocenters. The summed E-state index contributed by atoms with van der Waals surface area (Å²) < 4.78 is 6.42. The van der Waals surface area contributed by atoms with Crippen molar-refractivity contribution in [2.45, 2.75) is 96.4 Å². The van der Waals surface area contributed by atoms with Gasteiger partial charge in [-0.15, -0.1) is 0 Å². The van der Waals surface area contributed by atoms with E-state index < -0.39 is 0 Å². The summed E-state index contributed by atoms with van der Waals surface area (Å²) in [5.74, 6) is 0. The first kappa shape index (κ1) is 20.1. The van der Waals surface area contributed by atoms with E-state index in [2.05, 4.69) is 49.3 Å². The molecule has 0 amide bonds. The molecular weight excluding hydrogens is 334 g/mol. The highest BCUT2D eigenvalue weighted by molar-refractivity contribution is 4.99. The second kappa shape index (κ2) is 7.27. The zero-order valence-corrected chi connectivity index (χ0v) is 18.6. The summed E-state index contributed by atoms with van der Waals surface area (Å²) in [5.41, 5.74) is 1.04. The van der Waals surface area contributed by atoms with Crippen LogP contribution in [-0.2, 0) is 4.74 Å². The third kappa shape index (κ3) is 4.24. The standard InChI is InChI=1S/C23H43N3O/c1-21(2,3)25-11-8-23(9-12-25)16-20(27-18-23)15-22(4,5)26-14-13-24-10-6-7-19(24)17-26/h19-20H,6-18H2,1-5H3. The van der Waals surface area contributed by atoms with Gasteiger partial charge in [0.15, 0.2) is 0 Å². The molecule has 0 bridgehead atoms. The fourth-order valence-electron chi connectivity index (χ4n) is 6.25. The van der Waals surface area contributed by atoms with Gasteiger partial charge in [-0.25, -0.2) is 0 Å². The second-order valence-electron chi connectivity index (χ2n) is 11.6. The molecule has 27 heavy (non-hydrogen) atoms. The smallest absolute Gasteiger partial charge is 0.0599 e. The van der Waals surface area contributed by atoms with Gasteiger partial charge in [0.1, 0.15) is 0 Å². The van der Waals surface area contributed by atoms with E-state index in [0.717, 1.165) is 12.6 Å². The third-order valence-electron chi connectivity index (χ3n) is 8.23. The van der Waals surface area contributed by atoms with Crippen LogP contribution in [0.3, 0.4) is 0 Å².